The highest BCUT2D eigenvalue weighted by Crippen LogP contribution is 2.19. The number of hydrogen-bond acceptors (Lipinski definition) is 4. The number of ether oxygens (including phenoxy) is 1. The van der Waals surface area contributed by atoms with E-state index in [2.05, 4.69) is 15.4 Å². The Kier molecular flexibility index (Phi) is 3.97. The number of aryl methyl sites for hydroxylation is 2. The fourth-order valence-corrected chi connectivity index (χ4v) is 2.38. The molecule has 0 unspecified atom stereocenters. The number of rotatable bonds is 4. The van der Waals surface area contributed by atoms with Gasteiger partial charge in [0.2, 0.25) is 0 Å². The molecule has 1 N–H and O–H groups in total. The number of para-hydroxylation sites is 1. The van der Waals surface area contributed by atoms with Gasteiger partial charge in [-0.05, 0) is 32.0 Å². The van der Waals surface area contributed by atoms with Gasteiger partial charge in [-0.1, -0.05) is 18.2 Å². The van der Waals surface area contributed by atoms with Crippen LogP contribution in [-0.4, -0.2) is 26.8 Å². The van der Waals surface area contributed by atoms with Gasteiger partial charge in [0.05, 0.1) is 17.6 Å². The molecule has 1 aromatic carbocycles. The van der Waals surface area contributed by atoms with Gasteiger partial charge in [-0.2, -0.15) is 5.10 Å². The molecule has 0 aliphatic carbocycles. The topological polar surface area (TPSA) is 69.0 Å². The molecule has 2 aromatic heterocycles. The summed E-state index contributed by atoms with van der Waals surface area (Å²) in [4.78, 5) is 16.6. The van der Waals surface area contributed by atoms with Crippen molar-refractivity contribution in [3.8, 4) is 5.75 Å². The summed E-state index contributed by atoms with van der Waals surface area (Å²) in [5, 5.41) is 8.06. The average molecular weight is 310 g/mol. The first-order valence-corrected chi connectivity index (χ1v) is 7.36. The monoisotopic (exact) mass is 310 g/mol. The van der Waals surface area contributed by atoms with Crippen molar-refractivity contribution in [1.29, 1.82) is 0 Å². The largest absolute Gasteiger partial charge is 0.481 e. The maximum absolute atomic E-state index is 12.3. The van der Waals surface area contributed by atoms with Crippen LogP contribution in [0, 0.1) is 6.92 Å². The standard InChI is InChI=1S/C17H18N4O2/c1-11-15-9-13(10-18-16(15)21(3)20-11)19-17(22)12(2)23-14-7-5-4-6-8-14/h4-10,12H,1-3H3,(H,19,22)/t12-/m1/s1. The molecular formula is C17H18N4O2. The molecule has 3 rings (SSSR count). The smallest absolute Gasteiger partial charge is 0.265 e. The molecule has 0 radical (unpaired) electrons. The van der Waals surface area contributed by atoms with Gasteiger partial charge in [0.1, 0.15) is 5.75 Å². The molecule has 1 amide bonds. The molecule has 0 saturated heterocycles. The summed E-state index contributed by atoms with van der Waals surface area (Å²) < 4.78 is 7.33. The summed E-state index contributed by atoms with van der Waals surface area (Å²) in [6, 6.07) is 11.1. The average Bonchev–Trinajstić information content (AvgIpc) is 2.82. The van der Waals surface area contributed by atoms with Crippen molar-refractivity contribution in [2.45, 2.75) is 20.0 Å². The third-order valence-electron chi connectivity index (χ3n) is 3.56. The van der Waals surface area contributed by atoms with E-state index in [0.717, 1.165) is 16.7 Å². The molecule has 6 nitrogen and oxygen atoms in total. The molecular weight excluding hydrogens is 292 g/mol. The van der Waals surface area contributed by atoms with Crippen LogP contribution in [0.3, 0.4) is 0 Å². The summed E-state index contributed by atoms with van der Waals surface area (Å²) in [6.45, 7) is 3.63. The third-order valence-corrected chi connectivity index (χ3v) is 3.56. The van der Waals surface area contributed by atoms with Crippen molar-refractivity contribution in [3.63, 3.8) is 0 Å². The third kappa shape index (κ3) is 3.15. The van der Waals surface area contributed by atoms with E-state index in [4.69, 9.17) is 4.74 Å². The summed E-state index contributed by atoms with van der Waals surface area (Å²) in [7, 11) is 1.84. The number of nitrogens with zero attached hydrogens (tertiary/aromatic N) is 3. The molecule has 0 fully saturated rings. The molecule has 0 spiro atoms. The lowest BCUT2D eigenvalue weighted by Crippen LogP contribution is -2.30. The second-order valence-electron chi connectivity index (χ2n) is 5.37. The molecule has 3 aromatic rings. The lowest BCUT2D eigenvalue weighted by Gasteiger charge is -2.14. The maximum atomic E-state index is 12.3. The van der Waals surface area contributed by atoms with Crippen LogP contribution in [0.1, 0.15) is 12.6 Å². The van der Waals surface area contributed by atoms with Crippen LogP contribution in [0.15, 0.2) is 42.6 Å². The van der Waals surface area contributed by atoms with Gasteiger partial charge in [-0.25, -0.2) is 4.98 Å². The zero-order valence-electron chi connectivity index (χ0n) is 13.3. The van der Waals surface area contributed by atoms with E-state index in [-0.39, 0.29) is 5.91 Å². The predicted octanol–water partition coefficient (Wildman–Crippen LogP) is 2.68. The Bertz CT molecular complexity index is 842. The van der Waals surface area contributed by atoms with E-state index in [0.29, 0.717) is 11.4 Å². The highest BCUT2D eigenvalue weighted by molar-refractivity contribution is 5.95. The number of fused-ring (bicyclic) bond motifs is 1. The number of anilines is 1. The van der Waals surface area contributed by atoms with Crippen LogP contribution in [0.5, 0.6) is 5.75 Å². The minimum atomic E-state index is -0.608. The highest BCUT2D eigenvalue weighted by atomic mass is 16.5. The van der Waals surface area contributed by atoms with E-state index in [9.17, 15) is 4.79 Å². The van der Waals surface area contributed by atoms with Crippen molar-refractivity contribution in [2.24, 2.45) is 7.05 Å². The first-order valence-electron chi connectivity index (χ1n) is 7.36. The lowest BCUT2D eigenvalue weighted by molar-refractivity contribution is -0.122. The molecule has 1 atom stereocenters. The first kappa shape index (κ1) is 15.0. The lowest BCUT2D eigenvalue weighted by atomic mass is 10.2. The number of carbonyl (C=O) groups excluding carboxylic acids is 1. The van der Waals surface area contributed by atoms with Crippen molar-refractivity contribution in [1.82, 2.24) is 14.8 Å². The van der Waals surface area contributed by atoms with E-state index < -0.39 is 6.10 Å². The number of carbonyl (C=O) groups is 1. The Labute approximate surface area is 134 Å². The minimum absolute atomic E-state index is 0.225. The number of hydrogen-bond donors (Lipinski definition) is 1. The molecule has 0 saturated carbocycles. The number of pyridine rings is 1. The molecule has 6 heteroatoms. The van der Waals surface area contributed by atoms with Gasteiger partial charge < -0.3 is 10.1 Å². The van der Waals surface area contributed by atoms with Gasteiger partial charge in [0, 0.05) is 12.4 Å². The van der Waals surface area contributed by atoms with Crippen molar-refractivity contribution < 1.29 is 9.53 Å². The Balaban J connectivity index is 1.73. The molecule has 118 valence electrons. The van der Waals surface area contributed by atoms with Crippen LogP contribution in [0.4, 0.5) is 5.69 Å². The summed E-state index contributed by atoms with van der Waals surface area (Å²) in [5.74, 6) is 0.434. The zero-order valence-corrected chi connectivity index (χ0v) is 13.3. The van der Waals surface area contributed by atoms with Crippen LogP contribution in [-0.2, 0) is 11.8 Å². The normalized spacial score (nSPS) is 12.1. The Morgan fingerprint density at radius 2 is 2.04 bits per heavy atom. The number of amides is 1. The summed E-state index contributed by atoms with van der Waals surface area (Å²) in [5.41, 5.74) is 2.29. The Morgan fingerprint density at radius 3 is 2.78 bits per heavy atom. The van der Waals surface area contributed by atoms with Gasteiger partial charge in [0.25, 0.3) is 5.91 Å². The van der Waals surface area contributed by atoms with E-state index in [1.807, 2.05) is 50.4 Å². The quantitative estimate of drug-likeness (QED) is 0.804. The summed E-state index contributed by atoms with van der Waals surface area (Å²) in [6.07, 6.45) is 1.01. The first-order chi connectivity index (χ1) is 11.0. The fourth-order valence-electron chi connectivity index (χ4n) is 2.38. The molecule has 0 bridgehead atoms. The number of aromatic nitrogens is 3. The van der Waals surface area contributed by atoms with E-state index >= 15 is 0 Å². The second kappa shape index (κ2) is 6.08. The Morgan fingerprint density at radius 1 is 1.30 bits per heavy atom. The zero-order chi connectivity index (χ0) is 16.4. The SMILES string of the molecule is Cc1nn(C)c2ncc(NC(=O)[C@@H](C)Oc3ccccc3)cc12. The van der Waals surface area contributed by atoms with Gasteiger partial charge in [-0.15, -0.1) is 0 Å². The van der Waals surface area contributed by atoms with Crippen LogP contribution in [0.2, 0.25) is 0 Å². The van der Waals surface area contributed by atoms with Gasteiger partial charge in [0.15, 0.2) is 11.8 Å². The van der Waals surface area contributed by atoms with Crippen molar-refractivity contribution >= 4 is 22.6 Å². The summed E-state index contributed by atoms with van der Waals surface area (Å²) >= 11 is 0. The molecule has 23 heavy (non-hydrogen) atoms. The molecule has 0 aliphatic heterocycles. The highest BCUT2D eigenvalue weighted by Gasteiger charge is 2.16. The maximum Gasteiger partial charge on any atom is 0.265 e. The Hall–Kier alpha value is -2.89. The van der Waals surface area contributed by atoms with Crippen LogP contribution in [0.25, 0.3) is 11.0 Å². The van der Waals surface area contributed by atoms with E-state index in [1.54, 1.807) is 17.8 Å². The van der Waals surface area contributed by atoms with Crippen LogP contribution >= 0.6 is 0 Å². The fraction of sp³-hybridized carbons (Fsp3) is 0.235. The van der Waals surface area contributed by atoms with E-state index in [1.165, 1.54) is 0 Å². The number of benzene rings is 1. The minimum Gasteiger partial charge on any atom is -0.481 e. The van der Waals surface area contributed by atoms with Crippen molar-refractivity contribution in [3.05, 3.63) is 48.3 Å². The molecule has 2 heterocycles. The van der Waals surface area contributed by atoms with Gasteiger partial charge >= 0.3 is 0 Å². The van der Waals surface area contributed by atoms with Gasteiger partial charge in [-0.3, -0.25) is 9.48 Å². The number of nitrogens with one attached hydrogen (secondary N) is 1. The predicted molar refractivity (Wildman–Crippen MR) is 88.4 cm³/mol. The second-order valence-corrected chi connectivity index (χ2v) is 5.37. The molecule has 0 aliphatic rings. The van der Waals surface area contributed by atoms with Crippen LogP contribution < -0.4 is 10.1 Å². The van der Waals surface area contributed by atoms with Crippen molar-refractivity contribution in [2.75, 3.05) is 5.32 Å².